The summed E-state index contributed by atoms with van der Waals surface area (Å²) >= 11 is 0. The minimum Gasteiger partial charge on any atom is -0.408 e. The Bertz CT molecular complexity index is 553. The van der Waals surface area contributed by atoms with E-state index in [-0.39, 0.29) is 11.4 Å². The maximum atomic E-state index is 11.6. The van der Waals surface area contributed by atoms with Gasteiger partial charge in [-0.2, -0.15) is 0 Å². The molecule has 1 heterocycles. The van der Waals surface area contributed by atoms with Crippen LogP contribution in [0.4, 0.5) is 15.3 Å². The number of non-ortho nitro benzene ring substituents is 1. The number of benzene rings is 1. The average molecular weight is 309 g/mol. The van der Waals surface area contributed by atoms with Crippen molar-refractivity contribution in [1.29, 1.82) is 0 Å². The SMILES string of the molecule is O=C(NOC(=O)N1CCCCC1)Oc1ccc([N+](=O)[O-])cc1. The molecular weight excluding hydrogens is 294 g/mol. The quantitative estimate of drug-likeness (QED) is 0.662. The molecule has 0 saturated carbocycles. The third-order valence-corrected chi connectivity index (χ3v) is 3.09. The summed E-state index contributed by atoms with van der Waals surface area (Å²) in [7, 11) is 0. The second kappa shape index (κ2) is 7.25. The Kier molecular flexibility index (Phi) is 5.12. The van der Waals surface area contributed by atoms with Crippen LogP contribution in [-0.2, 0) is 4.84 Å². The van der Waals surface area contributed by atoms with Crippen LogP contribution in [0.3, 0.4) is 0 Å². The van der Waals surface area contributed by atoms with E-state index in [1.165, 1.54) is 29.2 Å². The Labute approximate surface area is 125 Å². The summed E-state index contributed by atoms with van der Waals surface area (Å²) in [4.78, 5) is 39.1. The van der Waals surface area contributed by atoms with Gasteiger partial charge in [-0.15, -0.1) is 5.48 Å². The van der Waals surface area contributed by atoms with Gasteiger partial charge in [-0.05, 0) is 31.4 Å². The lowest BCUT2D eigenvalue weighted by Gasteiger charge is -2.25. The lowest BCUT2D eigenvalue weighted by Crippen LogP contribution is -2.40. The molecule has 2 rings (SSSR count). The number of carbonyl (C=O) groups is 2. The van der Waals surface area contributed by atoms with Crippen LogP contribution in [0.5, 0.6) is 5.75 Å². The second-order valence-corrected chi connectivity index (χ2v) is 4.66. The molecule has 0 unspecified atom stereocenters. The first-order valence-electron chi connectivity index (χ1n) is 6.74. The summed E-state index contributed by atoms with van der Waals surface area (Å²) in [6, 6.07) is 4.93. The van der Waals surface area contributed by atoms with E-state index in [1.54, 1.807) is 0 Å². The van der Waals surface area contributed by atoms with Crippen molar-refractivity contribution in [1.82, 2.24) is 10.4 Å². The van der Waals surface area contributed by atoms with Crippen LogP contribution < -0.4 is 10.2 Å². The van der Waals surface area contributed by atoms with Crippen LogP contribution in [-0.4, -0.2) is 35.1 Å². The molecular formula is C13H15N3O6. The van der Waals surface area contributed by atoms with Crippen LogP contribution >= 0.6 is 0 Å². The van der Waals surface area contributed by atoms with E-state index in [1.807, 2.05) is 5.48 Å². The molecule has 1 N–H and O–H groups in total. The Hall–Kier alpha value is -2.84. The van der Waals surface area contributed by atoms with Crippen molar-refractivity contribution in [3.63, 3.8) is 0 Å². The number of nitrogens with zero attached hydrogens (tertiary/aromatic N) is 2. The molecule has 1 fully saturated rings. The zero-order chi connectivity index (χ0) is 15.9. The number of hydroxylamine groups is 1. The maximum absolute atomic E-state index is 11.6. The number of rotatable bonds is 2. The van der Waals surface area contributed by atoms with Gasteiger partial charge < -0.3 is 14.5 Å². The first kappa shape index (κ1) is 15.5. The van der Waals surface area contributed by atoms with Gasteiger partial charge in [0.2, 0.25) is 0 Å². The zero-order valence-electron chi connectivity index (χ0n) is 11.7. The van der Waals surface area contributed by atoms with Gasteiger partial charge in [0, 0.05) is 25.2 Å². The molecule has 1 aromatic carbocycles. The summed E-state index contributed by atoms with van der Waals surface area (Å²) in [5.74, 6) is 0.0946. The van der Waals surface area contributed by atoms with E-state index in [0.717, 1.165) is 19.3 Å². The van der Waals surface area contributed by atoms with E-state index >= 15 is 0 Å². The van der Waals surface area contributed by atoms with E-state index in [0.29, 0.717) is 13.1 Å². The number of amides is 2. The molecule has 0 radical (unpaired) electrons. The van der Waals surface area contributed by atoms with Crippen molar-refractivity contribution in [3.05, 3.63) is 34.4 Å². The van der Waals surface area contributed by atoms with E-state index in [4.69, 9.17) is 4.74 Å². The Balaban J connectivity index is 1.77. The number of carbonyl (C=O) groups excluding carboxylic acids is 2. The molecule has 2 amide bonds. The van der Waals surface area contributed by atoms with Crippen molar-refractivity contribution in [2.45, 2.75) is 19.3 Å². The molecule has 1 saturated heterocycles. The van der Waals surface area contributed by atoms with Crippen LogP contribution in [0.25, 0.3) is 0 Å². The third kappa shape index (κ3) is 4.33. The van der Waals surface area contributed by atoms with Gasteiger partial charge in [0.05, 0.1) is 4.92 Å². The fraction of sp³-hybridized carbons (Fsp3) is 0.385. The highest BCUT2D eigenvalue weighted by Crippen LogP contribution is 2.17. The predicted molar refractivity (Wildman–Crippen MR) is 74.2 cm³/mol. The Morgan fingerprint density at radius 3 is 2.36 bits per heavy atom. The summed E-state index contributed by atoms with van der Waals surface area (Å²) < 4.78 is 4.82. The van der Waals surface area contributed by atoms with E-state index in [9.17, 15) is 19.7 Å². The van der Waals surface area contributed by atoms with Gasteiger partial charge >= 0.3 is 12.2 Å². The molecule has 9 nitrogen and oxygen atoms in total. The molecule has 0 spiro atoms. The molecule has 0 bridgehead atoms. The third-order valence-electron chi connectivity index (χ3n) is 3.09. The van der Waals surface area contributed by atoms with Crippen molar-refractivity contribution < 1.29 is 24.1 Å². The normalized spacial score (nSPS) is 14.1. The Morgan fingerprint density at radius 2 is 1.77 bits per heavy atom. The highest BCUT2D eigenvalue weighted by Gasteiger charge is 2.19. The van der Waals surface area contributed by atoms with Crippen LogP contribution in [0, 0.1) is 10.1 Å². The highest BCUT2D eigenvalue weighted by atomic mass is 16.7. The fourth-order valence-electron chi connectivity index (χ4n) is 1.99. The number of ether oxygens (including phenoxy) is 1. The fourth-order valence-corrected chi connectivity index (χ4v) is 1.99. The van der Waals surface area contributed by atoms with E-state index in [2.05, 4.69) is 4.84 Å². The van der Waals surface area contributed by atoms with Crippen molar-refractivity contribution in [2.24, 2.45) is 0 Å². The minimum absolute atomic E-state index is 0.0946. The average Bonchev–Trinajstić information content (AvgIpc) is 2.54. The van der Waals surface area contributed by atoms with Gasteiger partial charge in [-0.25, -0.2) is 9.59 Å². The van der Waals surface area contributed by atoms with Gasteiger partial charge in [0.25, 0.3) is 5.69 Å². The van der Waals surface area contributed by atoms with E-state index < -0.39 is 17.1 Å². The summed E-state index contributed by atoms with van der Waals surface area (Å²) in [5, 5.41) is 10.5. The molecule has 22 heavy (non-hydrogen) atoms. The lowest BCUT2D eigenvalue weighted by atomic mass is 10.1. The number of hydrogen-bond acceptors (Lipinski definition) is 6. The van der Waals surface area contributed by atoms with Crippen LogP contribution in [0.2, 0.25) is 0 Å². The molecule has 1 aromatic rings. The van der Waals surface area contributed by atoms with Crippen LogP contribution in [0.1, 0.15) is 19.3 Å². The topological polar surface area (TPSA) is 111 Å². The summed E-state index contributed by atoms with van der Waals surface area (Å²) in [6.45, 7) is 1.19. The molecule has 0 aliphatic carbocycles. The maximum Gasteiger partial charge on any atom is 0.446 e. The smallest absolute Gasteiger partial charge is 0.408 e. The number of nitro benzene ring substituents is 1. The second-order valence-electron chi connectivity index (χ2n) is 4.66. The van der Waals surface area contributed by atoms with Gasteiger partial charge in [0.1, 0.15) is 5.75 Å². The molecule has 0 atom stereocenters. The van der Waals surface area contributed by atoms with Crippen molar-refractivity contribution in [2.75, 3.05) is 13.1 Å². The first-order chi connectivity index (χ1) is 10.6. The van der Waals surface area contributed by atoms with Gasteiger partial charge in [0.15, 0.2) is 0 Å². The van der Waals surface area contributed by atoms with Crippen molar-refractivity contribution >= 4 is 17.9 Å². The lowest BCUT2D eigenvalue weighted by molar-refractivity contribution is -0.384. The van der Waals surface area contributed by atoms with Crippen LogP contribution in [0.15, 0.2) is 24.3 Å². The number of likely N-dealkylation sites (tertiary alicyclic amines) is 1. The number of hydrogen-bond donors (Lipinski definition) is 1. The molecule has 1 aliphatic rings. The standard InChI is InChI=1S/C13H15N3O6/c17-12(14-22-13(18)15-8-2-1-3-9-15)21-11-6-4-10(5-7-11)16(19)20/h4-7H,1-3,8-9H2,(H,14,17). The molecule has 118 valence electrons. The number of nitro groups is 1. The zero-order valence-corrected chi connectivity index (χ0v) is 11.7. The molecule has 0 aromatic heterocycles. The molecule has 1 aliphatic heterocycles. The summed E-state index contributed by atoms with van der Waals surface area (Å²) in [5.41, 5.74) is 1.76. The van der Waals surface area contributed by atoms with Crippen molar-refractivity contribution in [3.8, 4) is 5.75 Å². The van der Waals surface area contributed by atoms with Gasteiger partial charge in [-0.1, -0.05) is 0 Å². The minimum atomic E-state index is -0.987. The number of piperidine rings is 1. The Morgan fingerprint density at radius 1 is 1.14 bits per heavy atom. The molecule has 9 heteroatoms. The summed E-state index contributed by atoms with van der Waals surface area (Å²) in [6.07, 6.45) is 1.25. The first-order valence-corrected chi connectivity index (χ1v) is 6.74. The van der Waals surface area contributed by atoms with Gasteiger partial charge in [-0.3, -0.25) is 10.1 Å². The predicted octanol–water partition coefficient (Wildman–Crippen LogP) is 2.22. The monoisotopic (exact) mass is 309 g/mol. The largest absolute Gasteiger partial charge is 0.446 e. The highest BCUT2D eigenvalue weighted by molar-refractivity contribution is 5.73. The number of nitrogens with one attached hydrogen (secondary N) is 1.